The van der Waals surface area contributed by atoms with Gasteiger partial charge in [0, 0.05) is 0 Å². The van der Waals surface area contributed by atoms with Gasteiger partial charge in [0.05, 0.1) is 24.3 Å². The largest absolute Gasteiger partial charge is 0.409 e. The molecular formula is C18H24F3N3O2. The number of nitrogens with one attached hydrogen (secondary N) is 1. The van der Waals surface area contributed by atoms with Crippen molar-refractivity contribution in [2.45, 2.75) is 45.3 Å². The van der Waals surface area contributed by atoms with Crippen LogP contribution in [-0.4, -0.2) is 48.6 Å². The van der Waals surface area contributed by atoms with E-state index in [1.807, 2.05) is 18.7 Å². The summed E-state index contributed by atoms with van der Waals surface area (Å²) in [4.78, 5) is 27.4. The number of anilines is 2. The molecule has 0 aromatic heterocycles. The topological polar surface area (TPSA) is 52.7 Å². The van der Waals surface area contributed by atoms with Crippen LogP contribution in [-0.2, 0) is 9.59 Å². The van der Waals surface area contributed by atoms with Gasteiger partial charge in [-0.15, -0.1) is 0 Å². The molecule has 0 saturated carbocycles. The normalized spacial score (nSPS) is 17.7. The van der Waals surface area contributed by atoms with Crippen LogP contribution < -0.4 is 10.2 Å². The molecule has 1 N–H and O–H groups in total. The van der Waals surface area contributed by atoms with Crippen LogP contribution in [0.15, 0.2) is 24.3 Å². The Morgan fingerprint density at radius 2 is 1.85 bits per heavy atom. The van der Waals surface area contributed by atoms with Gasteiger partial charge in [0.15, 0.2) is 0 Å². The summed E-state index contributed by atoms with van der Waals surface area (Å²) in [5.41, 5.74) is 0.300. The number of hydrogen-bond acceptors (Lipinski definition) is 3. The van der Waals surface area contributed by atoms with Gasteiger partial charge in [0.25, 0.3) is 0 Å². The number of halogens is 3. The van der Waals surface area contributed by atoms with Crippen molar-refractivity contribution in [3.63, 3.8) is 0 Å². The third kappa shape index (κ3) is 4.75. The van der Waals surface area contributed by atoms with Crippen LogP contribution in [0, 0.1) is 0 Å². The second-order valence-corrected chi connectivity index (χ2v) is 6.37. The van der Waals surface area contributed by atoms with Crippen LogP contribution >= 0.6 is 0 Å². The summed E-state index contributed by atoms with van der Waals surface area (Å²) >= 11 is 0. The Morgan fingerprint density at radius 1 is 1.23 bits per heavy atom. The van der Waals surface area contributed by atoms with E-state index in [2.05, 4.69) is 5.32 Å². The summed E-state index contributed by atoms with van der Waals surface area (Å²) in [6.07, 6.45) is -3.92. The summed E-state index contributed by atoms with van der Waals surface area (Å²) in [5.74, 6) is -1.41. The number of para-hydroxylation sites is 2. The van der Waals surface area contributed by atoms with Crippen LogP contribution in [0.1, 0.15) is 33.1 Å². The van der Waals surface area contributed by atoms with Crippen molar-refractivity contribution in [3.05, 3.63) is 24.3 Å². The van der Waals surface area contributed by atoms with E-state index >= 15 is 0 Å². The molecule has 0 aliphatic carbocycles. The molecule has 0 radical (unpaired) electrons. The highest BCUT2D eigenvalue weighted by molar-refractivity contribution is 6.05. The molecule has 0 bridgehead atoms. The molecule has 1 unspecified atom stereocenters. The average molecular weight is 371 g/mol. The molecule has 8 heteroatoms. The molecular weight excluding hydrogens is 347 g/mol. The zero-order valence-corrected chi connectivity index (χ0v) is 15.0. The number of fused-ring (bicyclic) bond motifs is 1. The molecule has 1 atom stereocenters. The van der Waals surface area contributed by atoms with E-state index in [1.54, 1.807) is 12.1 Å². The molecule has 0 spiro atoms. The first-order valence-electron chi connectivity index (χ1n) is 8.77. The lowest BCUT2D eigenvalue weighted by atomic mass is 10.1. The molecule has 1 aliphatic rings. The van der Waals surface area contributed by atoms with E-state index in [-0.39, 0.29) is 17.9 Å². The van der Waals surface area contributed by atoms with Crippen molar-refractivity contribution in [3.8, 4) is 0 Å². The van der Waals surface area contributed by atoms with Crippen LogP contribution in [0.4, 0.5) is 24.5 Å². The minimum Gasteiger partial charge on any atom is -0.324 e. The van der Waals surface area contributed by atoms with Crippen molar-refractivity contribution in [2.24, 2.45) is 0 Å². The zero-order chi connectivity index (χ0) is 19.3. The highest BCUT2D eigenvalue weighted by atomic mass is 19.4. The van der Waals surface area contributed by atoms with Gasteiger partial charge in [-0.2, -0.15) is 13.2 Å². The molecule has 5 nitrogen and oxygen atoms in total. The standard InChI is InChI=1S/C18H24F3N3O2/c1-3-9-23(10-4-2)12-17(26)24-14-8-6-5-7-13(14)22-16(25)11-15(24)18(19,20)21/h5-8,15H,3-4,9-12H2,1-2H3,(H,22,25). The first-order chi connectivity index (χ1) is 12.3. The predicted molar refractivity (Wildman–Crippen MR) is 94.0 cm³/mol. The minimum atomic E-state index is -4.70. The molecule has 0 saturated heterocycles. The van der Waals surface area contributed by atoms with E-state index in [1.165, 1.54) is 12.1 Å². The third-order valence-corrected chi connectivity index (χ3v) is 4.21. The molecule has 1 aromatic carbocycles. The fourth-order valence-corrected chi connectivity index (χ4v) is 3.17. The zero-order valence-electron chi connectivity index (χ0n) is 15.0. The number of rotatable bonds is 6. The van der Waals surface area contributed by atoms with Crippen molar-refractivity contribution in [1.82, 2.24) is 4.90 Å². The van der Waals surface area contributed by atoms with E-state index in [4.69, 9.17) is 0 Å². The first kappa shape index (κ1) is 20.2. The van der Waals surface area contributed by atoms with E-state index in [9.17, 15) is 22.8 Å². The Bertz CT molecular complexity index is 643. The monoisotopic (exact) mass is 371 g/mol. The summed E-state index contributed by atoms with van der Waals surface area (Å²) in [6, 6.07) is 3.92. The SMILES string of the molecule is CCCN(CCC)CC(=O)N1c2ccccc2NC(=O)CC1C(F)(F)F. The molecule has 26 heavy (non-hydrogen) atoms. The van der Waals surface area contributed by atoms with Gasteiger partial charge < -0.3 is 5.32 Å². The highest BCUT2D eigenvalue weighted by Crippen LogP contribution is 2.37. The minimum absolute atomic E-state index is 0.0821. The molecule has 0 fully saturated rings. The van der Waals surface area contributed by atoms with Crippen LogP contribution in [0.25, 0.3) is 0 Å². The number of hydrogen-bond donors (Lipinski definition) is 1. The lowest BCUT2D eigenvalue weighted by Gasteiger charge is -2.33. The Hall–Kier alpha value is -2.09. The summed E-state index contributed by atoms with van der Waals surface area (Å²) < 4.78 is 40.9. The van der Waals surface area contributed by atoms with Crippen molar-refractivity contribution < 1.29 is 22.8 Å². The average Bonchev–Trinajstić information content (AvgIpc) is 2.70. The van der Waals surface area contributed by atoms with Crippen molar-refractivity contribution in [1.29, 1.82) is 0 Å². The Kier molecular flexibility index (Phi) is 6.63. The molecule has 1 aliphatic heterocycles. The Labute approximate surface area is 151 Å². The second-order valence-electron chi connectivity index (χ2n) is 6.37. The van der Waals surface area contributed by atoms with Gasteiger partial charge in [-0.3, -0.25) is 19.4 Å². The van der Waals surface area contributed by atoms with Crippen LogP contribution in [0.2, 0.25) is 0 Å². The van der Waals surface area contributed by atoms with Gasteiger partial charge in [-0.1, -0.05) is 26.0 Å². The fraction of sp³-hybridized carbons (Fsp3) is 0.556. The summed E-state index contributed by atoms with van der Waals surface area (Å²) in [5, 5.41) is 2.47. The fourth-order valence-electron chi connectivity index (χ4n) is 3.17. The number of carbonyl (C=O) groups excluding carboxylic acids is 2. The van der Waals surface area contributed by atoms with Gasteiger partial charge in [-0.25, -0.2) is 0 Å². The predicted octanol–water partition coefficient (Wildman–Crippen LogP) is 3.41. The highest BCUT2D eigenvalue weighted by Gasteiger charge is 2.49. The van der Waals surface area contributed by atoms with Crippen LogP contribution in [0.3, 0.4) is 0 Å². The van der Waals surface area contributed by atoms with Gasteiger partial charge >= 0.3 is 6.18 Å². The number of carbonyl (C=O) groups is 2. The lowest BCUT2D eigenvalue weighted by molar-refractivity contribution is -0.158. The lowest BCUT2D eigenvalue weighted by Crippen LogP contribution is -2.52. The molecule has 144 valence electrons. The maximum absolute atomic E-state index is 13.6. The number of benzene rings is 1. The van der Waals surface area contributed by atoms with E-state index in [0.29, 0.717) is 13.1 Å². The quantitative estimate of drug-likeness (QED) is 0.834. The summed E-state index contributed by atoms with van der Waals surface area (Å²) in [7, 11) is 0. The van der Waals surface area contributed by atoms with E-state index in [0.717, 1.165) is 17.7 Å². The molecule has 1 heterocycles. The smallest absolute Gasteiger partial charge is 0.324 e. The maximum atomic E-state index is 13.6. The third-order valence-electron chi connectivity index (χ3n) is 4.21. The Morgan fingerprint density at radius 3 is 2.42 bits per heavy atom. The summed E-state index contributed by atoms with van der Waals surface area (Å²) in [6.45, 7) is 5.05. The number of amides is 2. The number of nitrogens with zero attached hydrogens (tertiary/aromatic N) is 2. The molecule has 2 amide bonds. The maximum Gasteiger partial charge on any atom is 0.409 e. The Balaban J connectivity index is 2.41. The van der Waals surface area contributed by atoms with Gasteiger partial charge in [-0.05, 0) is 38.1 Å². The number of alkyl halides is 3. The van der Waals surface area contributed by atoms with Crippen LogP contribution in [0.5, 0.6) is 0 Å². The van der Waals surface area contributed by atoms with Crippen molar-refractivity contribution in [2.75, 3.05) is 29.9 Å². The van der Waals surface area contributed by atoms with Gasteiger partial charge in [0.2, 0.25) is 11.8 Å². The van der Waals surface area contributed by atoms with E-state index < -0.39 is 30.5 Å². The van der Waals surface area contributed by atoms with Gasteiger partial charge in [0.1, 0.15) is 6.04 Å². The van der Waals surface area contributed by atoms with Crippen molar-refractivity contribution >= 4 is 23.2 Å². The first-order valence-corrected chi connectivity index (χ1v) is 8.77. The molecule has 2 rings (SSSR count). The second kappa shape index (κ2) is 8.53. The molecule has 1 aromatic rings.